The van der Waals surface area contributed by atoms with E-state index in [0.717, 1.165) is 32.1 Å². The predicted molar refractivity (Wildman–Crippen MR) is 135 cm³/mol. The summed E-state index contributed by atoms with van der Waals surface area (Å²) in [5.74, 6) is 6.82. The number of amidine groups is 1. The molecule has 1 heterocycles. The summed E-state index contributed by atoms with van der Waals surface area (Å²) in [7, 11) is 0. The van der Waals surface area contributed by atoms with E-state index in [1.54, 1.807) is 10.2 Å². The van der Waals surface area contributed by atoms with E-state index < -0.39 is 0 Å². The van der Waals surface area contributed by atoms with Crippen molar-refractivity contribution in [3.8, 4) is 11.8 Å². The fraction of sp³-hybridized carbons (Fsp3) is 0.560. The third-order valence-corrected chi connectivity index (χ3v) is 6.28. The van der Waals surface area contributed by atoms with Gasteiger partial charge in [-0.3, -0.25) is 20.4 Å². The number of nitrogens with one attached hydrogen (secondary N) is 1. The fourth-order valence-corrected chi connectivity index (χ4v) is 4.50. The number of quaternary nitrogens is 1. The average molecular weight is 468 g/mol. The molecule has 0 fully saturated rings. The Hall–Kier alpha value is -3.34. The zero-order valence-corrected chi connectivity index (χ0v) is 20.0. The van der Waals surface area contributed by atoms with Crippen LogP contribution in [0, 0.1) is 23.7 Å². The van der Waals surface area contributed by atoms with Gasteiger partial charge in [0.1, 0.15) is 12.6 Å². The van der Waals surface area contributed by atoms with Gasteiger partial charge in [-0.15, -0.1) is 0 Å². The van der Waals surface area contributed by atoms with Crippen molar-refractivity contribution < 1.29 is 14.9 Å². The van der Waals surface area contributed by atoms with Crippen LogP contribution >= 0.6 is 0 Å². The Labute approximate surface area is 201 Å². The average Bonchev–Trinajstić information content (AvgIpc) is 2.81. The van der Waals surface area contributed by atoms with Gasteiger partial charge in [0.25, 0.3) is 0 Å². The number of hydrogen-bond acceptors (Lipinski definition) is 4. The minimum absolute atomic E-state index is 0.0400. The quantitative estimate of drug-likeness (QED) is 0.0796. The molecule has 3 rings (SSSR count). The van der Waals surface area contributed by atoms with Crippen molar-refractivity contribution in [1.82, 2.24) is 14.9 Å². The largest absolute Gasteiger partial charge is 0.432 e. The molecule has 0 aromatic rings. The Morgan fingerprint density at radius 2 is 2.26 bits per heavy atom. The van der Waals surface area contributed by atoms with Gasteiger partial charge >= 0.3 is 17.6 Å². The number of guanidine groups is 1. The molecule has 9 nitrogen and oxygen atoms in total. The van der Waals surface area contributed by atoms with Gasteiger partial charge in [-0.1, -0.05) is 36.5 Å². The highest BCUT2D eigenvalue weighted by atomic mass is 16.2. The van der Waals surface area contributed by atoms with Crippen molar-refractivity contribution in [1.29, 1.82) is 0 Å². The van der Waals surface area contributed by atoms with Gasteiger partial charge in [0.15, 0.2) is 12.2 Å². The lowest BCUT2D eigenvalue weighted by Gasteiger charge is -2.34. The maximum atomic E-state index is 13.4. The summed E-state index contributed by atoms with van der Waals surface area (Å²) in [6.45, 7) is 3.86. The van der Waals surface area contributed by atoms with Crippen molar-refractivity contribution in [2.75, 3.05) is 26.2 Å². The second-order valence-electron chi connectivity index (χ2n) is 9.11. The summed E-state index contributed by atoms with van der Waals surface area (Å²) in [6, 6.07) is -0.194. The van der Waals surface area contributed by atoms with Gasteiger partial charge in [-0.05, 0) is 37.2 Å². The van der Waals surface area contributed by atoms with Crippen LogP contribution in [0.4, 0.5) is 0 Å². The number of allylic oxidation sites excluding steroid dienone is 3. The van der Waals surface area contributed by atoms with Crippen molar-refractivity contribution in [2.45, 2.75) is 51.5 Å². The molecule has 0 aromatic carbocycles. The van der Waals surface area contributed by atoms with Gasteiger partial charge in [-0.25, -0.2) is 9.46 Å². The zero-order chi connectivity index (χ0) is 24.3. The van der Waals surface area contributed by atoms with Crippen LogP contribution in [-0.2, 0) is 9.59 Å². The summed E-state index contributed by atoms with van der Waals surface area (Å²) in [5, 5.41) is 4.82. The molecular formula is C25H37N7O2+2. The minimum atomic E-state index is -0.214. The molecule has 0 spiro atoms. The van der Waals surface area contributed by atoms with E-state index in [1.807, 2.05) is 12.3 Å². The number of rotatable bonds is 10. The lowest BCUT2D eigenvalue weighted by Crippen LogP contribution is -2.90. The standard InChI is InChI=1S/C25H35N7O2/c1-18-7-5-10-20(15-18)21-16-31-23(29-14-11-19-8-3-2-4-9-19)24(34)32(21)17-22(33)28-12-6-13-30-25(26)27/h5,7,9,16,18,20-21H,3,6,8,10-15,17H2,1H3,(H5,26,27,28,30,33)/p+2. The molecule has 2 amide bonds. The van der Waals surface area contributed by atoms with Crippen LogP contribution in [0.2, 0.25) is 0 Å². The van der Waals surface area contributed by atoms with E-state index in [1.165, 1.54) is 5.57 Å². The number of aliphatic imine (C=N–C) groups is 1. The maximum Gasteiger partial charge on any atom is 0.432 e. The number of amides is 2. The van der Waals surface area contributed by atoms with E-state index in [2.05, 4.69) is 45.9 Å². The van der Waals surface area contributed by atoms with Gasteiger partial charge in [0, 0.05) is 25.8 Å². The van der Waals surface area contributed by atoms with Gasteiger partial charge in [0.2, 0.25) is 0 Å². The normalized spacial score (nSPS) is 23.5. The highest BCUT2D eigenvalue weighted by Gasteiger charge is 2.41. The number of hydrogen-bond donors (Lipinski definition) is 4. The molecule has 0 saturated carbocycles. The fourth-order valence-electron chi connectivity index (χ4n) is 4.50. The second kappa shape index (κ2) is 12.8. The van der Waals surface area contributed by atoms with Crippen molar-refractivity contribution >= 4 is 29.8 Å². The molecule has 3 atom stereocenters. The first kappa shape index (κ1) is 25.3. The molecule has 0 radical (unpaired) electrons. The Bertz CT molecular complexity index is 975. The van der Waals surface area contributed by atoms with Gasteiger partial charge < -0.3 is 16.4 Å². The third-order valence-electron chi connectivity index (χ3n) is 6.28. The molecule has 0 aromatic heterocycles. The van der Waals surface area contributed by atoms with Crippen LogP contribution in [0.15, 0.2) is 28.8 Å². The van der Waals surface area contributed by atoms with Gasteiger partial charge in [0.05, 0.1) is 13.1 Å². The zero-order valence-electron chi connectivity index (χ0n) is 20.0. The minimum Gasteiger partial charge on any atom is -0.370 e. The highest BCUT2D eigenvalue weighted by molar-refractivity contribution is 6.39. The third kappa shape index (κ3) is 7.62. The summed E-state index contributed by atoms with van der Waals surface area (Å²) in [5.41, 5.74) is 11.9. The Morgan fingerprint density at radius 3 is 3.00 bits per heavy atom. The molecule has 0 bridgehead atoms. The smallest absolute Gasteiger partial charge is 0.370 e. The van der Waals surface area contributed by atoms with Crippen molar-refractivity contribution in [2.24, 2.45) is 28.3 Å². The lowest BCUT2D eigenvalue weighted by molar-refractivity contribution is -0.568. The number of nitrogens with two attached hydrogens (primary N) is 3. The molecule has 34 heavy (non-hydrogen) atoms. The number of nitrogens with zero attached hydrogens (tertiary/aromatic N) is 3. The number of carbonyl (C=O) groups is 2. The molecule has 7 N–H and O–H groups in total. The predicted octanol–water partition coefficient (Wildman–Crippen LogP) is -1.21. The van der Waals surface area contributed by atoms with Gasteiger partial charge in [-0.2, -0.15) is 0 Å². The lowest BCUT2D eigenvalue weighted by atomic mass is 9.82. The van der Waals surface area contributed by atoms with Crippen LogP contribution in [-0.4, -0.2) is 66.9 Å². The van der Waals surface area contributed by atoms with Crippen LogP contribution < -0.4 is 26.8 Å². The van der Waals surface area contributed by atoms with E-state index in [-0.39, 0.29) is 36.3 Å². The van der Waals surface area contributed by atoms with E-state index in [9.17, 15) is 9.59 Å². The van der Waals surface area contributed by atoms with Crippen molar-refractivity contribution in [3.63, 3.8) is 0 Å². The first-order valence-electron chi connectivity index (χ1n) is 12.1. The highest BCUT2D eigenvalue weighted by Crippen LogP contribution is 2.28. The van der Waals surface area contributed by atoms with Crippen molar-refractivity contribution in [3.05, 3.63) is 23.8 Å². The molecule has 1 aliphatic heterocycles. The Kier molecular flexibility index (Phi) is 9.51. The van der Waals surface area contributed by atoms with Crippen LogP contribution in [0.1, 0.15) is 45.4 Å². The molecule has 2 aliphatic carbocycles. The summed E-state index contributed by atoms with van der Waals surface area (Å²) >= 11 is 0. The van der Waals surface area contributed by atoms with Crippen LogP contribution in [0.25, 0.3) is 0 Å². The molecular weight excluding hydrogens is 430 g/mol. The first-order chi connectivity index (χ1) is 16.4. The first-order valence-corrected chi connectivity index (χ1v) is 12.1. The molecule has 0 saturated heterocycles. The second-order valence-corrected chi connectivity index (χ2v) is 9.11. The maximum absolute atomic E-state index is 13.4. The molecule has 3 unspecified atom stereocenters. The summed E-state index contributed by atoms with van der Waals surface area (Å²) < 4.78 is 4.49. The van der Waals surface area contributed by atoms with E-state index >= 15 is 0 Å². The van der Waals surface area contributed by atoms with E-state index in [4.69, 9.17) is 11.5 Å². The number of primary amides is 1. The molecule has 9 heteroatoms. The van der Waals surface area contributed by atoms with E-state index in [0.29, 0.717) is 37.8 Å². The Balaban J connectivity index is 1.63. The SMILES string of the molecule is CC1C=CCC(C2C=[N+]=C(NCCC3=CC#CCC3)C(=O)N2CC(=O)[NH2+]CCCN=C(N)N)C1. The Morgan fingerprint density at radius 1 is 1.41 bits per heavy atom. The topological polar surface area (TPSA) is 145 Å². The monoisotopic (exact) mass is 467 g/mol. The molecule has 3 aliphatic rings. The van der Waals surface area contributed by atoms with Crippen LogP contribution in [0.5, 0.6) is 0 Å². The number of carbonyl (C=O) groups excluding carboxylic acids is 2. The van der Waals surface area contributed by atoms with Crippen LogP contribution in [0.3, 0.4) is 0 Å². The molecule has 182 valence electrons. The summed E-state index contributed by atoms with van der Waals surface area (Å²) in [4.78, 5) is 31.7. The summed E-state index contributed by atoms with van der Waals surface area (Å²) in [6.07, 6.45) is 13.4.